The Morgan fingerprint density at radius 1 is 1.20 bits per heavy atom. The van der Waals surface area contributed by atoms with Crippen molar-refractivity contribution in [2.24, 2.45) is 5.92 Å². The lowest BCUT2D eigenvalue weighted by atomic mass is 9.90. The summed E-state index contributed by atoms with van der Waals surface area (Å²) in [6.07, 6.45) is 8.85. The number of benzene rings is 1. The fraction of sp³-hybridized carbons (Fsp3) is 0.353. The molecular formula is C17H19NO2. The van der Waals surface area contributed by atoms with E-state index in [1.807, 2.05) is 29.2 Å². The summed E-state index contributed by atoms with van der Waals surface area (Å²) in [5, 5.41) is 0. The highest BCUT2D eigenvalue weighted by Gasteiger charge is 2.32. The summed E-state index contributed by atoms with van der Waals surface area (Å²) in [5.41, 5.74) is 1.18. The number of rotatable bonds is 4. The number of carbonyl (C=O) groups excluding carboxylic acids is 1. The van der Waals surface area contributed by atoms with Crippen LogP contribution in [0.15, 0.2) is 54.6 Å². The average molecular weight is 269 g/mol. The molecule has 0 bridgehead atoms. The Kier molecular flexibility index (Phi) is 3.97. The van der Waals surface area contributed by atoms with Crippen LogP contribution < -0.4 is 0 Å². The van der Waals surface area contributed by atoms with Crippen LogP contribution in [-0.4, -0.2) is 30.0 Å². The molecule has 0 spiro atoms. The van der Waals surface area contributed by atoms with Crippen molar-refractivity contribution < 1.29 is 9.53 Å². The summed E-state index contributed by atoms with van der Waals surface area (Å²) in [5.74, 6) is 0.417. The lowest BCUT2D eigenvalue weighted by molar-refractivity contribution is -0.130. The Labute approximate surface area is 119 Å². The van der Waals surface area contributed by atoms with Crippen LogP contribution in [0, 0.1) is 5.92 Å². The first-order valence-corrected chi connectivity index (χ1v) is 7.10. The van der Waals surface area contributed by atoms with Crippen molar-refractivity contribution in [2.75, 3.05) is 13.2 Å². The molecule has 1 aromatic carbocycles. The highest BCUT2D eigenvalue weighted by atomic mass is 16.5. The van der Waals surface area contributed by atoms with Gasteiger partial charge >= 0.3 is 0 Å². The van der Waals surface area contributed by atoms with Gasteiger partial charge in [-0.2, -0.15) is 0 Å². The molecule has 0 radical (unpaired) electrons. The molecule has 2 atom stereocenters. The van der Waals surface area contributed by atoms with E-state index in [4.69, 9.17) is 4.74 Å². The van der Waals surface area contributed by atoms with E-state index in [1.165, 1.54) is 5.56 Å². The van der Waals surface area contributed by atoms with E-state index in [-0.39, 0.29) is 11.9 Å². The number of amides is 1. The van der Waals surface area contributed by atoms with Gasteiger partial charge in [0.2, 0.25) is 5.91 Å². The van der Waals surface area contributed by atoms with Crippen LogP contribution in [0.3, 0.4) is 0 Å². The van der Waals surface area contributed by atoms with E-state index >= 15 is 0 Å². The summed E-state index contributed by atoms with van der Waals surface area (Å²) < 4.78 is 5.83. The molecular weight excluding hydrogens is 250 g/mol. The number of hydrogen-bond donors (Lipinski definition) is 0. The summed E-state index contributed by atoms with van der Waals surface area (Å²) in [7, 11) is 0. The molecule has 0 saturated heterocycles. The van der Waals surface area contributed by atoms with E-state index in [0.717, 1.165) is 13.0 Å². The van der Waals surface area contributed by atoms with E-state index in [2.05, 4.69) is 24.3 Å². The monoisotopic (exact) mass is 269 g/mol. The molecule has 1 amide bonds. The molecule has 3 heteroatoms. The minimum absolute atomic E-state index is 0.124. The lowest BCUT2D eigenvalue weighted by Gasteiger charge is -2.39. The second-order valence-corrected chi connectivity index (χ2v) is 5.29. The molecule has 1 aromatic rings. The number of fused-ring (bicyclic) bond motifs is 1. The number of nitrogens with zero attached hydrogens (tertiary/aromatic N) is 1. The van der Waals surface area contributed by atoms with Crippen molar-refractivity contribution in [3.8, 4) is 0 Å². The predicted octanol–water partition coefficient (Wildman–Crippen LogP) is 2.55. The summed E-state index contributed by atoms with van der Waals surface area (Å²) in [4.78, 5) is 13.8. The largest absolute Gasteiger partial charge is 0.376 e. The Balaban J connectivity index is 1.57. The minimum Gasteiger partial charge on any atom is -0.376 e. The molecule has 0 aromatic heterocycles. The highest BCUT2D eigenvalue weighted by Crippen LogP contribution is 2.25. The average Bonchev–Trinajstić information content (AvgIpc) is 2.49. The first-order chi connectivity index (χ1) is 9.84. The van der Waals surface area contributed by atoms with Gasteiger partial charge in [-0.05, 0) is 18.1 Å². The van der Waals surface area contributed by atoms with Gasteiger partial charge in [-0.25, -0.2) is 0 Å². The molecule has 0 unspecified atom stereocenters. The van der Waals surface area contributed by atoms with E-state index in [0.29, 0.717) is 19.1 Å². The Bertz CT molecular complexity index is 521. The normalized spacial score (nSPS) is 24.8. The van der Waals surface area contributed by atoms with Crippen molar-refractivity contribution in [3.05, 3.63) is 60.2 Å². The van der Waals surface area contributed by atoms with Crippen LogP contribution in [0.5, 0.6) is 0 Å². The zero-order valence-electron chi connectivity index (χ0n) is 11.4. The third-order valence-electron chi connectivity index (χ3n) is 3.92. The molecule has 0 fully saturated rings. The molecule has 0 aliphatic carbocycles. The van der Waals surface area contributed by atoms with Crippen LogP contribution in [0.25, 0.3) is 0 Å². The zero-order valence-corrected chi connectivity index (χ0v) is 11.4. The molecule has 0 saturated carbocycles. The quantitative estimate of drug-likeness (QED) is 0.786. The lowest BCUT2D eigenvalue weighted by Crippen LogP contribution is -2.48. The molecule has 2 heterocycles. The van der Waals surface area contributed by atoms with Crippen LogP contribution in [0.1, 0.15) is 12.0 Å². The van der Waals surface area contributed by atoms with Crippen molar-refractivity contribution in [1.82, 2.24) is 4.90 Å². The standard InChI is InChI=1S/C17H19NO2/c19-17-10-4-9-16-15(8-5-11-18(16)17)13-20-12-14-6-2-1-3-7-14/h1-8,10,15-16H,9,11-13H2/t15-,16-/m1/s1. The third-order valence-corrected chi connectivity index (χ3v) is 3.92. The van der Waals surface area contributed by atoms with Gasteiger partial charge in [0.25, 0.3) is 0 Å². The zero-order chi connectivity index (χ0) is 13.8. The van der Waals surface area contributed by atoms with Crippen LogP contribution in [0.2, 0.25) is 0 Å². The fourth-order valence-corrected chi connectivity index (χ4v) is 2.86. The first-order valence-electron chi connectivity index (χ1n) is 7.10. The Hall–Kier alpha value is -1.87. The van der Waals surface area contributed by atoms with E-state index in [1.54, 1.807) is 6.08 Å². The first kappa shape index (κ1) is 13.1. The highest BCUT2D eigenvalue weighted by molar-refractivity contribution is 5.89. The minimum atomic E-state index is 0.124. The van der Waals surface area contributed by atoms with Gasteiger partial charge in [0, 0.05) is 18.5 Å². The van der Waals surface area contributed by atoms with Crippen molar-refractivity contribution in [2.45, 2.75) is 19.1 Å². The van der Waals surface area contributed by atoms with E-state index < -0.39 is 0 Å². The second kappa shape index (κ2) is 6.06. The molecule has 2 aliphatic heterocycles. The van der Waals surface area contributed by atoms with Crippen LogP contribution in [0.4, 0.5) is 0 Å². The van der Waals surface area contributed by atoms with Crippen molar-refractivity contribution in [1.29, 1.82) is 0 Å². The summed E-state index contributed by atoms with van der Waals surface area (Å²) >= 11 is 0. The number of carbonyl (C=O) groups is 1. The summed E-state index contributed by atoms with van der Waals surface area (Å²) in [6.45, 7) is 2.01. The van der Waals surface area contributed by atoms with Gasteiger partial charge in [-0.15, -0.1) is 0 Å². The van der Waals surface area contributed by atoms with Crippen molar-refractivity contribution in [3.63, 3.8) is 0 Å². The van der Waals surface area contributed by atoms with Gasteiger partial charge in [0.1, 0.15) is 0 Å². The molecule has 104 valence electrons. The maximum atomic E-state index is 11.8. The molecule has 3 rings (SSSR count). The summed E-state index contributed by atoms with van der Waals surface area (Å²) in [6, 6.07) is 10.4. The van der Waals surface area contributed by atoms with Gasteiger partial charge in [-0.3, -0.25) is 4.79 Å². The molecule has 20 heavy (non-hydrogen) atoms. The Morgan fingerprint density at radius 2 is 2.05 bits per heavy atom. The fourth-order valence-electron chi connectivity index (χ4n) is 2.86. The number of ether oxygens (including phenoxy) is 1. The second-order valence-electron chi connectivity index (χ2n) is 5.29. The van der Waals surface area contributed by atoms with Gasteiger partial charge in [-0.1, -0.05) is 48.6 Å². The molecule has 0 N–H and O–H groups in total. The maximum Gasteiger partial charge on any atom is 0.246 e. The van der Waals surface area contributed by atoms with E-state index in [9.17, 15) is 4.79 Å². The van der Waals surface area contributed by atoms with Gasteiger partial charge in [0.05, 0.1) is 13.2 Å². The van der Waals surface area contributed by atoms with Crippen LogP contribution >= 0.6 is 0 Å². The smallest absolute Gasteiger partial charge is 0.246 e. The molecule has 3 nitrogen and oxygen atoms in total. The van der Waals surface area contributed by atoms with Gasteiger partial charge < -0.3 is 9.64 Å². The topological polar surface area (TPSA) is 29.5 Å². The van der Waals surface area contributed by atoms with Crippen LogP contribution in [-0.2, 0) is 16.1 Å². The van der Waals surface area contributed by atoms with Gasteiger partial charge in [0.15, 0.2) is 0 Å². The number of hydrogen-bond acceptors (Lipinski definition) is 2. The predicted molar refractivity (Wildman–Crippen MR) is 78.0 cm³/mol. The SMILES string of the molecule is O=C1C=CC[C@@H]2[C@@H](COCc3ccccc3)C=CCN12. The van der Waals surface area contributed by atoms with Crippen molar-refractivity contribution >= 4 is 5.91 Å². The maximum absolute atomic E-state index is 11.8. The molecule has 2 aliphatic rings. The Morgan fingerprint density at radius 3 is 2.90 bits per heavy atom. The third kappa shape index (κ3) is 2.83.